The minimum absolute atomic E-state index is 0.555. The van der Waals surface area contributed by atoms with Gasteiger partial charge in [0, 0.05) is 30.1 Å². The van der Waals surface area contributed by atoms with E-state index < -0.39 is 0 Å². The average Bonchev–Trinajstić information content (AvgIpc) is 2.90. The van der Waals surface area contributed by atoms with Crippen LogP contribution in [0.25, 0.3) is 0 Å². The van der Waals surface area contributed by atoms with Crippen LogP contribution in [0.4, 0.5) is 0 Å². The van der Waals surface area contributed by atoms with Crippen LogP contribution in [-0.2, 0) is 0 Å². The molecule has 1 aromatic heterocycles. The van der Waals surface area contributed by atoms with Gasteiger partial charge in [-0.15, -0.1) is 11.3 Å². The Labute approximate surface area is 109 Å². The standard InChI is InChI=1S/C14H24N2S/c1-3-12-4-6-13(7-5-12)16-10-11(2)14-15-8-9-17-14/h8-9,11-13,16H,3-7,10H2,1-2H3. The van der Waals surface area contributed by atoms with Crippen molar-refractivity contribution in [2.24, 2.45) is 5.92 Å². The molecule has 0 aromatic carbocycles. The Hall–Kier alpha value is -0.410. The Bertz CT molecular complexity index is 302. The summed E-state index contributed by atoms with van der Waals surface area (Å²) >= 11 is 1.77. The van der Waals surface area contributed by atoms with Crippen LogP contribution in [0, 0.1) is 5.92 Å². The van der Waals surface area contributed by atoms with Gasteiger partial charge in [0.15, 0.2) is 0 Å². The Morgan fingerprint density at radius 2 is 2.18 bits per heavy atom. The average molecular weight is 252 g/mol. The van der Waals surface area contributed by atoms with Crippen LogP contribution in [0.5, 0.6) is 0 Å². The number of nitrogens with zero attached hydrogens (tertiary/aromatic N) is 1. The summed E-state index contributed by atoms with van der Waals surface area (Å²) in [6, 6.07) is 0.750. The number of thiazole rings is 1. The van der Waals surface area contributed by atoms with Gasteiger partial charge >= 0.3 is 0 Å². The maximum absolute atomic E-state index is 4.38. The summed E-state index contributed by atoms with van der Waals surface area (Å²) in [4.78, 5) is 4.38. The lowest BCUT2D eigenvalue weighted by Gasteiger charge is -2.29. The highest BCUT2D eigenvalue weighted by atomic mass is 32.1. The second-order valence-electron chi connectivity index (χ2n) is 5.31. The van der Waals surface area contributed by atoms with Crippen LogP contribution in [0.1, 0.15) is 56.9 Å². The summed E-state index contributed by atoms with van der Waals surface area (Å²) in [5.41, 5.74) is 0. The van der Waals surface area contributed by atoms with Gasteiger partial charge in [-0.2, -0.15) is 0 Å². The third kappa shape index (κ3) is 3.78. The van der Waals surface area contributed by atoms with E-state index in [9.17, 15) is 0 Å². The molecule has 0 saturated heterocycles. The lowest BCUT2D eigenvalue weighted by atomic mass is 9.84. The van der Waals surface area contributed by atoms with Gasteiger partial charge in [0.05, 0.1) is 5.01 Å². The first kappa shape index (κ1) is 13.0. The van der Waals surface area contributed by atoms with Gasteiger partial charge in [0.1, 0.15) is 0 Å². The molecule has 0 spiro atoms. The second kappa shape index (κ2) is 6.50. The summed E-state index contributed by atoms with van der Waals surface area (Å²) in [5.74, 6) is 1.54. The molecule has 17 heavy (non-hydrogen) atoms. The fourth-order valence-electron chi connectivity index (χ4n) is 2.68. The molecule has 1 aromatic rings. The molecule has 0 radical (unpaired) electrons. The van der Waals surface area contributed by atoms with E-state index in [4.69, 9.17) is 0 Å². The molecule has 1 N–H and O–H groups in total. The molecule has 96 valence electrons. The molecule has 0 amide bonds. The van der Waals surface area contributed by atoms with Gasteiger partial charge < -0.3 is 5.32 Å². The minimum Gasteiger partial charge on any atom is -0.313 e. The third-order valence-corrected chi connectivity index (χ3v) is 5.02. The Morgan fingerprint density at radius 1 is 1.41 bits per heavy atom. The van der Waals surface area contributed by atoms with E-state index in [1.165, 1.54) is 37.1 Å². The monoisotopic (exact) mass is 252 g/mol. The Morgan fingerprint density at radius 3 is 2.76 bits per heavy atom. The van der Waals surface area contributed by atoms with Crippen molar-refractivity contribution in [1.29, 1.82) is 0 Å². The van der Waals surface area contributed by atoms with Crippen molar-refractivity contribution in [3.8, 4) is 0 Å². The van der Waals surface area contributed by atoms with Crippen LogP contribution < -0.4 is 5.32 Å². The molecule has 3 heteroatoms. The van der Waals surface area contributed by atoms with E-state index in [2.05, 4.69) is 29.5 Å². The molecule has 1 aliphatic carbocycles. The third-order valence-electron chi connectivity index (χ3n) is 4.01. The second-order valence-corrected chi connectivity index (χ2v) is 6.23. The van der Waals surface area contributed by atoms with Gasteiger partial charge in [-0.25, -0.2) is 4.98 Å². The van der Waals surface area contributed by atoms with Crippen molar-refractivity contribution in [2.45, 2.75) is 57.9 Å². The maximum atomic E-state index is 4.38. The summed E-state index contributed by atoms with van der Waals surface area (Å²) < 4.78 is 0. The van der Waals surface area contributed by atoms with E-state index in [-0.39, 0.29) is 0 Å². The van der Waals surface area contributed by atoms with Crippen LogP contribution in [0.15, 0.2) is 11.6 Å². The van der Waals surface area contributed by atoms with Gasteiger partial charge in [0.2, 0.25) is 0 Å². The highest BCUT2D eigenvalue weighted by Gasteiger charge is 2.20. The fraction of sp³-hybridized carbons (Fsp3) is 0.786. The highest BCUT2D eigenvalue weighted by Crippen LogP contribution is 2.27. The molecule has 0 bridgehead atoms. The molecule has 1 heterocycles. The van der Waals surface area contributed by atoms with E-state index in [1.807, 2.05) is 6.20 Å². The minimum atomic E-state index is 0.555. The molecular weight excluding hydrogens is 228 g/mol. The quantitative estimate of drug-likeness (QED) is 0.862. The van der Waals surface area contributed by atoms with Crippen LogP contribution >= 0.6 is 11.3 Å². The van der Waals surface area contributed by atoms with Crippen LogP contribution in [0.3, 0.4) is 0 Å². The lowest BCUT2D eigenvalue weighted by molar-refractivity contribution is 0.284. The lowest BCUT2D eigenvalue weighted by Crippen LogP contribution is -2.35. The van der Waals surface area contributed by atoms with Crippen LogP contribution in [-0.4, -0.2) is 17.6 Å². The molecule has 1 atom stereocenters. The van der Waals surface area contributed by atoms with Crippen molar-refractivity contribution in [2.75, 3.05) is 6.54 Å². The van der Waals surface area contributed by atoms with E-state index >= 15 is 0 Å². The van der Waals surface area contributed by atoms with E-state index in [0.717, 1.165) is 18.5 Å². The van der Waals surface area contributed by atoms with Crippen molar-refractivity contribution in [1.82, 2.24) is 10.3 Å². The number of rotatable bonds is 5. The SMILES string of the molecule is CCC1CCC(NCC(C)c2nccs2)CC1. The molecule has 1 unspecified atom stereocenters. The molecule has 1 aliphatic rings. The topological polar surface area (TPSA) is 24.9 Å². The number of aromatic nitrogens is 1. The predicted octanol–water partition coefficient (Wildman–Crippen LogP) is 3.81. The van der Waals surface area contributed by atoms with Crippen molar-refractivity contribution in [3.05, 3.63) is 16.6 Å². The predicted molar refractivity (Wildman–Crippen MR) is 74.6 cm³/mol. The largest absolute Gasteiger partial charge is 0.313 e. The van der Waals surface area contributed by atoms with Crippen molar-refractivity contribution >= 4 is 11.3 Å². The molecule has 2 rings (SSSR count). The van der Waals surface area contributed by atoms with Gasteiger partial charge in [-0.05, 0) is 31.6 Å². The van der Waals surface area contributed by atoms with E-state index in [1.54, 1.807) is 11.3 Å². The normalized spacial score (nSPS) is 26.9. The maximum Gasteiger partial charge on any atom is 0.0965 e. The zero-order chi connectivity index (χ0) is 12.1. The van der Waals surface area contributed by atoms with Gasteiger partial charge in [-0.3, -0.25) is 0 Å². The van der Waals surface area contributed by atoms with Gasteiger partial charge in [-0.1, -0.05) is 20.3 Å². The molecule has 2 nitrogen and oxygen atoms in total. The van der Waals surface area contributed by atoms with Crippen molar-refractivity contribution in [3.63, 3.8) is 0 Å². The highest BCUT2D eigenvalue weighted by molar-refractivity contribution is 7.09. The number of nitrogens with one attached hydrogen (secondary N) is 1. The Balaban J connectivity index is 1.69. The summed E-state index contributed by atoms with van der Waals surface area (Å²) in [5, 5.41) is 7.05. The molecule has 0 aliphatic heterocycles. The summed E-state index contributed by atoms with van der Waals surface area (Å²) in [6.45, 7) is 5.67. The first-order valence-electron chi connectivity index (χ1n) is 6.92. The molecular formula is C14H24N2S. The fourth-order valence-corrected chi connectivity index (χ4v) is 3.38. The molecule has 1 saturated carbocycles. The zero-order valence-corrected chi connectivity index (χ0v) is 11.8. The number of hydrogen-bond acceptors (Lipinski definition) is 3. The Kier molecular flexibility index (Phi) is 4.99. The smallest absolute Gasteiger partial charge is 0.0965 e. The first-order chi connectivity index (χ1) is 8.29. The van der Waals surface area contributed by atoms with E-state index in [0.29, 0.717) is 5.92 Å². The number of hydrogen-bond donors (Lipinski definition) is 1. The van der Waals surface area contributed by atoms with Crippen LogP contribution in [0.2, 0.25) is 0 Å². The first-order valence-corrected chi connectivity index (χ1v) is 7.80. The molecule has 1 fully saturated rings. The zero-order valence-electron chi connectivity index (χ0n) is 11.0. The summed E-state index contributed by atoms with van der Waals surface area (Å²) in [7, 11) is 0. The van der Waals surface area contributed by atoms with Gasteiger partial charge in [0.25, 0.3) is 0 Å². The van der Waals surface area contributed by atoms with Crippen molar-refractivity contribution < 1.29 is 0 Å². The summed E-state index contributed by atoms with van der Waals surface area (Å²) in [6.07, 6.45) is 8.83.